The van der Waals surface area contributed by atoms with Crippen molar-refractivity contribution in [1.29, 1.82) is 0 Å². The van der Waals surface area contributed by atoms with Crippen LogP contribution in [-0.2, 0) is 0 Å². The van der Waals surface area contributed by atoms with E-state index in [4.69, 9.17) is 0 Å². The van der Waals surface area contributed by atoms with Crippen LogP contribution in [0.25, 0.3) is 0 Å². The maximum atomic E-state index is 12.3. The van der Waals surface area contributed by atoms with Gasteiger partial charge in [-0.15, -0.1) is 0 Å². The molecule has 0 bridgehead atoms. The van der Waals surface area contributed by atoms with Crippen molar-refractivity contribution >= 4 is 0 Å². The van der Waals surface area contributed by atoms with E-state index in [1.807, 2.05) is 7.05 Å². The molecule has 2 saturated heterocycles. The van der Waals surface area contributed by atoms with Crippen LogP contribution in [0.15, 0.2) is 0 Å². The molecule has 0 amide bonds. The molecule has 0 N–H and O–H groups in total. The van der Waals surface area contributed by atoms with E-state index in [0.29, 0.717) is 13.1 Å². The maximum Gasteiger partial charge on any atom is 0.403 e. The van der Waals surface area contributed by atoms with Gasteiger partial charge in [-0.05, 0) is 14.0 Å². The molecule has 1 unspecified atom stereocenters. The fourth-order valence-corrected chi connectivity index (χ4v) is 2.60. The summed E-state index contributed by atoms with van der Waals surface area (Å²) in [5.41, 5.74) is 0.189. The van der Waals surface area contributed by atoms with E-state index in [1.165, 1.54) is 11.8 Å². The minimum atomic E-state index is -4.07. The number of halogens is 3. The Kier molecular flexibility index (Phi) is 2.09. The molecular formula is C9H15F3N2. The van der Waals surface area contributed by atoms with Gasteiger partial charge in [-0.2, -0.15) is 13.2 Å². The van der Waals surface area contributed by atoms with Gasteiger partial charge in [0.15, 0.2) is 0 Å². The minimum absolute atomic E-state index is 0.189. The van der Waals surface area contributed by atoms with Crippen LogP contribution in [0.5, 0.6) is 0 Å². The first-order valence-electron chi connectivity index (χ1n) is 4.82. The third-order valence-corrected chi connectivity index (χ3v) is 3.31. The molecule has 2 heterocycles. The molecule has 1 spiro atoms. The Bertz CT molecular complexity index is 225. The molecule has 2 rings (SSSR count). The molecule has 0 aliphatic carbocycles. The van der Waals surface area contributed by atoms with Crippen molar-refractivity contribution < 1.29 is 13.2 Å². The smallest absolute Gasteiger partial charge is 0.305 e. The molecule has 2 fully saturated rings. The number of hydrogen-bond donors (Lipinski definition) is 0. The normalized spacial score (nSPS) is 29.8. The van der Waals surface area contributed by atoms with Gasteiger partial charge >= 0.3 is 6.18 Å². The zero-order valence-corrected chi connectivity index (χ0v) is 8.43. The van der Waals surface area contributed by atoms with Gasteiger partial charge in [-0.1, -0.05) is 0 Å². The van der Waals surface area contributed by atoms with Crippen molar-refractivity contribution in [1.82, 2.24) is 9.80 Å². The third-order valence-electron chi connectivity index (χ3n) is 3.31. The number of rotatable bonds is 1. The van der Waals surface area contributed by atoms with Gasteiger partial charge in [0.2, 0.25) is 0 Å². The van der Waals surface area contributed by atoms with Crippen molar-refractivity contribution in [2.75, 3.05) is 33.2 Å². The molecule has 2 aliphatic heterocycles. The first-order valence-corrected chi connectivity index (χ1v) is 4.82. The van der Waals surface area contributed by atoms with Gasteiger partial charge in [0.25, 0.3) is 0 Å². The second kappa shape index (κ2) is 2.85. The summed E-state index contributed by atoms with van der Waals surface area (Å²) in [6, 6.07) is -1.28. The van der Waals surface area contributed by atoms with Gasteiger partial charge in [0.05, 0.1) is 0 Å². The summed E-state index contributed by atoms with van der Waals surface area (Å²) in [7, 11) is 2.00. The molecular weight excluding hydrogens is 193 g/mol. The van der Waals surface area contributed by atoms with Crippen LogP contribution < -0.4 is 0 Å². The van der Waals surface area contributed by atoms with E-state index in [9.17, 15) is 13.2 Å². The highest BCUT2D eigenvalue weighted by atomic mass is 19.4. The monoisotopic (exact) mass is 208 g/mol. The zero-order valence-electron chi connectivity index (χ0n) is 8.43. The third kappa shape index (κ3) is 1.52. The van der Waals surface area contributed by atoms with Crippen LogP contribution in [-0.4, -0.2) is 55.2 Å². The fraction of sp³-hybridized carbons (Fsp3) is 1.00. The molecule has 2 nitrogen and oxygen atoms in total. The number of nitrogens with zero attached hydrogens (tertiary/aromatic N) is 2. The summed E-state index contributed by atoms with van der Waals surface area (Å²) < 4.78 is 37.0. The Morgan fingerprint density at radius 1 is 1.14 bits per heavy atom. The molecule has 0 aromatic heterocycles. The van der Waals surface area contributed by atoms with Gasteiger partial charge in [0, 0.05) is 31.6 Å². The summed E-state index contributed by atoms with van der Waals surface area (Å²) in [6.07, 6.45) is -4.07. The molecule has 1 atom stereocenters. The Labute approximate surface area is 81.7 Å². The van der Waals surface area contributed by atoms with Crippen molar-refractivity contribution in [3.63, 3.8) is 0 Å². The Hall–Kier alpha value is -0.290. The molecule has 0 saturated carbocycles. The van der Waals surface area contributed by atoms with Gasteiger partial charge in [0.1, 0.15) is 6.04 Å². The lowest BCUT2D eigenvalue weighted by Crippen LogP contribution is -2.73. The predicted octanol–water partition coefficient (Wildman–Crippen LogP) is 1.18. The van der Waals surface area contributed by atoms with E-state index in [-0.39, 0.29) is 5.41 Å². The van der Waals surface area contributed by atoms with Crippen LogP contribution in [0.4, 0.5) is 13.2 Å². The summed E-state index contributed by atoms with van der Waals surface area (Å²) >= 11 is 0. The lowest BCUT2D eigenvalue weighted by molar-refractivity contribution is -0.219. The Morgan fingerprint density at radius 3 is 2.00 bits per heavy atom. The van der Waals surface area contributed by atoms with E-state index in [0.717, 1.165) is 13.1 Å². The van der Waals surface area contributed by atoms with Crippen molar-refractivity contribution in [3.8, 4) is 0 Å². The number of likely N-dealkylation sites (tertiary alicyclic amines) is 2. The van der Waals surface area contributed by atoms with Crippen molar-refractivity contribution in [2.45, 2.75) is 19.1 Å². The zero-order chi connectivity index (χ0) is 10.6. The minimum Gasteiger partial charge on any atom is -0.305 e. The average molecular weight is 208 g/mol. The highest BCUT2D eigenvalue weighted by molar-refractivity contribution is 5.06. The van der Waals surface area contributed by atoms with E-state index in [1.54, 1.807) is 0 Å². The Morgan fingerprint density at radius 2 is 1.64 bits per heavy atom. The molecule has 0 radical (unpaired) electrons. The Balaban J connectivity index is 1.83. The first kappa shape index (κ1) is 10.2. The SMILES string of the molecule is CC(N1CC2(CN(C)C2)C1)C(F)(F)F. The first-order chi connectivity index (χ1) is 6.32. The molecule has 2 aliphatic rings. The molecule has 82 valence electrons. The van der Waals surface area contributed by atoms with Crippen LogP contribution in [0.1, 0.15) is 6.92 Å². The maximum absolute atomic E-state index is 12.3. The van der Waals surface area contributed by atoms with Crippen LogP contribution in [0, 0.1) is 5.41 Å². The van der Waals surface area contributed by atoms with Crippen LogP contribution >= 0.6 is 0 Å². The van der Waals surface area contributed by atoms with E-state index in [2.05, 4.69) is 4.90 Å². The van der Waals surface area contributed by atoms with Crippen molar-refractivity contribution in [2.24, 2.45) is 5.41 Å². The number of alkyl halides is 3. The molecule has 0 aromatic carbocycles. The van der Waals surface area contributed by atoms with Crippen LogP contribution in [0.3, 0.4) is 0 Å². The molecule has 0 aromatic rings. The van der Waals surface area contributed by atoms with Crippen LogP contribution in [0.2, 0.25) is 0 Å². The topological polar surface area (TPSA) is 6.48 Å². The summed E-state index contributed by atoms with van der Waals surface area (Å²) in [5.74, 6) is 0. The number of hydrogen-bond acceptors (Lipinski definition) is 2. The second-order valence-electron chi connectivity index (χ2n) is 4.79. The fourth-order valence-electron chi connectivity index (χ4n) is 2.60. The highest BCUT2D eigenvalue weighted by Gasteiger charge is 2.55. The largest absolute Gasteiger partial charge is 0.403 e. The average Bonchev–Trinajstić information content (AvgIpc) is 1.90. The lowest BCUT2D eigenvalue weighted by Gasteiger charge is -2.61. The quantitative estimate of drug-likeness (QED) is 0.638. The summed E-state index contributed by atoms with van der Waals surface area (Å²) in [6.45, 7) is 4.37. The summed E-state index contributed by atoms with van der Waals surface area (Å²) in [4.78, 5) is 3.67. The predicted molar refractivity (Wildman–Crippen MR) is 47.0 cm³/mol. The van der Waals surface area contributed by atoms with Gasteiger partial charge in [-0.25, -0.2) is 0 Å². The lowest BCUT2D eigenvalue weighted by atomic mass is 9.72. The van der Waals surface area contributed by atoms with Gasteiger partial charge in [-0.3, -0.25) is 4.90 Å². The standard InChI is InChI=1S/C9H15F3N2/c1-7(9(10,11)12)14-5-8(6-14)3-13(2)4-8/h7H,3-6H2,1-2H3. The van der Waals surface area contributed by atoms with E-state index < -0.39 is 12.2 Å². The second-order valence-corrected chi connectivity index (χ2v) is 4.79. The van der Waals surface area contributed by atoms with Gasteiger partial charge < -0.3 is 4.90 Å². The highest BCUT2D eigenvalue weighted by Crippen LogP contribution is 2.42. The van der Waals surface area contributed by atoms with E-state index >= 15 is 0 Å². The molecule has 5 heteroatoms. The molecule has 14 heavy (non-hydrogen) atoms. The summed E-state index contributed by atoms with van der Waals surface area (Å²) in [5, 5.41) is 0. The van der Waals surface area contributed by atoms with Crippen molar-refractivity contribution in [3.05, 3.63) is 0 Å².